The van der Waals surface area contributed by atoms with Crippen molar-refractivity contribution in [3.8, 4) is 0 Å². The number of nitrogens with zero attached hydrogens (tertiary/aromatic N) is 2. The van der Waals surface area contributed by atoms with Crippen LogP contribution in [0.4, 0.5) is 0 Å². The second-order valence-corrected chi connectivity index (χ2v) is 8.45. The molecule has 0 spiro atoms. The first-order valence-corrected chi connectivity index (χ1v) is 10.4. The smallest absolute Gasteiger partial charge is 0.308 e. The number of hydrogen-bond donors (Lipinski definition) is 1. The predicted molar refractivity (Wildman–Crippen MR) is 105 cm³/mol. The van der Waals surface area contributed by atoms with Crippen LogP contribution in [0.15, 0.2) is 29.1 Å². The van der Waals surface area contributed by atoms with Gasteiger partial charge in [0, 0.05) is 25.6 Å². The number of piperidine rings is 1. The van der Waals surface area contributed by atoms with Crippen LogP contribution in [0.1, 0.15) is 46.0 Å². The van der Waals surface area contributed by atoms with Crippen LogP contribution in [-0.2, 0) is 6.54 Å². The van der Waals surface area contributed by atoms with Gasteiger partial charge in [0.1, 0.15) is 6.23 Å². The van der Waals surface area contributed by atoms with Crippen LogP contribution in [0, 0.1) is 11.8 Å². The summed E-state index contributed by atoms with van der Waals surface area (Å²) in [5, 5.41) is 10.8. The maximum absolute atomic E-state index is 12.3. The Hall–Kier alpha value is -1.17. The Morgan fingerprint density at radius 1 is 1.28 bits per heavy atom. The monoisotopic (exact) mass is 362 g/mol. The summed E-state index contributed by atoms with van der Waals surface area (Å²) >= 11 is 1.29. The molecule has 2 aromatic rings. The molecule has 3 rings (SSSR count). The lowest BCUT2D eigenvalue weighted by Gasteiger charge is -2.37. The van der Waals surface area contributed by atoms with Crippen LogP contribution in [0.5, 0.6) is 0 Å². The quantitative estimate of drug-likeness (QED) is 0.812. The van der Waals surface area contributed by atoms with Gasteiger partial charge in [-0.25, -0.2) is 0 Å². The fraction of sp³-hybridized carbons (Fsp3) is 0.650. The molecule has 0 saturated carbocycles. The minimum Gasteiger partial charge on any atom is -0.378 e. The number of fused-ring (bicyclic) bond motifs is 1. The lowest BCUT2D eigenvalue weighted by Crippen LogP contribution is -2.45. The van der Waals surface area contributed by atoms with E-state index in [1.54, 1.807) is 0 Å². The Bertz CT molecular complexity index is 731. The summed E-state index contributed by atoms with van der Waals surface area (Å²) in [6, 6.07) is 7.91. The van der Waals surface area contributed by atoms with E-state index in [9.17, 15) is 9.90 Å². The minimum atomic E-state index is -0.474. The molecule has 138 valence electrons. The van der Waals surface area contributed by atoms with Crippen molar-refractivity contribution in [2.45, 2.75) is 58.7 Å². The van der Waals surface area contributed by atoms with Crippen molar-refractivity contribution in [2.75, 3.05) is 13.1 Å². The molecular weight excluding hydrogens is 332 g/mol. The van der Waals surface area contributed by atoms with E-state index in [2.05, 4.69) is 11.8 Å². The summed E-state index contributed by atoms with van der Waals surface area (Å²) in [7, 11) is 0. The van der Waals surface area contributed by atoms with Gasteiger partial charge in [-0.2, -0.15) is 0 Å². The molecule has 0 bridgehead atoms. The largest absolute Gasteiger partial charge is 0.378 e. The molecule has 2 heterocycles. The molecule has 1 saturated heterocycles. The first-order chi connectivity index (χ1) is 12.1. The van der Waals surface area contributed by atoms with Crippen molar-refractivity contribution in [2.24, 2.45) is 11.8 Å². The zero-order valence-corrected chi connectivity index (χ0v) is 16.2. The van der Waals surface area contributed by atoms with Crippen molar-refractivity contribution in [1.29, 1.82) is 0 Å². The van der Waals surface area contributed by atoms with Crippen molar-refractivity contribution in [3.05, 3.63) is 33.9 Å². The second kappa shape index (κ2) is 8.47. The zero-order chi connectivity index (χ0) is 17.8. The van der Waals surface area contributed by atoms with E-state index < -0.39 is 6.23 Å². The van der Waals surface area contributed by atoms with Crippen molar-refractivity contribution in [1.82, 2.24) is 9.47 Å². The number of rotatable bonds is 7. The number of benzene rings is 1. The Morgan fingerprint density at radius 3 is 2.72 bits per heavy atom. The number of likely N-dealkylation sites (tertiary alicyclic amines) is 1. The Labute approximate surface area is 154 Å². The molecule has 1 aliphatic rings. The third-order valence-electron chi connectivity index (χ3n) is 5.54. The summed E-state index contributed by atoms with van der Waals surface area (Å²) < 4.78 is 2.84. The average Bonchev–Trinajstić information content (AvgIpc) is 2.95. The van der Waals surface area contributed by atoms with Gasteiger partial charge in [0.05, 0.1) is 10.2 Å². The molecule has 4 nitrogen and oxygen atoms in total. The van der Waals surface area contributed by atoms with Crippen molar-refractivity contribution < 1.29 is 5.11 Å². The number of aromatic nitrogens is 1. The molecule has 5 heteroatoms. The lowest BCUT2D eigenvalue weighted by atomic mass is 9.91. The molecular formula is C20H30N2O2S. The van der Waals surface area contributed by atoms with Gasteiger partial charge in [-0.1, -0.05) is 56.6 Å². The molecule has 1 N–H and O–H groups in total. The molecule has 0 radical (unpaired) electrons. The Balaban J connectivity index is 1.60. The summed E-state index contributed by atoms with van der Waals surface area (Å²) in [6.07, 6.45) is 5.81. The van der Waals surface area contributed by atoms with Crippen LogP contribution in [0.2, 0.25) is 0 Å². The molecule has 25 heavy (non-hydrogen) atoms. The molecule has 0 aliphatic carbocycles. The SMILES string of the molecule is CCCCC1CCN([C@@H](O)C(C)Cn2c(=O)sc3ccccc32)CC1. The number of unbranched alkanes of at least 4 members (excludes halogenated alkanes) is 1. The van der Waals surface area contributed by atoms with Crippen LogP contribution in [0.25, 0.3) is 10.2 Å². The molecule has 1 aromatic heterocycles. The van der Waals surface area contributed by atoms with E-state index in [1.807, 2.05) is 35.8 Å². The molecule has 1 aliphatic heterocycles. The van der Waals surface area contributed by atoms with Crippen LogP contribution >= 0.6 is 11.3 Å². The summed E-state index contributed by atoms with van der Waals surface area (Å²) in [5.74, 6) is 0.852. The summed E-state index contributed by atoms with van der Waals surface area (Å²) in [6.45, 7) is 6.81. The van der Waals surface area contributed by atoms with Gasteiger partial charge in [-0.05, 0) is 30.9 Å². The maximum Gasteiger partial charge on any atom is 0.308 e. The number of para-hydroxylation sites is 1. The van der Waals surface area contributed by atoms with Gasteiger partial charge in [-0.15, -0.1) is 0 Å². The third kappa shape index (κ3) is 4.33. The van der Waals surface area contributed by atoms with Crippen molar-refractivity contribution >= 4 is 21.6 Å². The van der Waals surface area contributed by atoms with E-state index in [1.165, 1.54) is 43.4 Å². The Kier molecular flexibility index (Phi) is 6.31. The maximum atomic E-state index is 12.3. The highest BCUT2D eigenvalue weighted by Gasteiger charge is 2.27. The van der Waals surface area contributed by atoms with Gasteiger partial charge < -0.3 is 5.11 Å². The van der Waals surface area contributed by atoms with Gasteiger partial charge in [-0.3, -0.25) is 14.3 Å². The topological polar surface area (TPSA) is 45.5 Å². The minimum absolute atomic E-state index is 0.0305. The van der Waals surface area contributed by atoms with Gasteiger partial charge >= 0.3 is 4.87 Å². The van der Waals surface area contributed by atoms with E-state index >= 15 is 0 Å². The van der Waals surface area contributed by atoms with Gasteiger partial charge in [0.25, 0.3) is 0 Å². The molecule has 1 aromatic carbocycles. The number of thiazole rings is 1. The fourth-order valence-electron chi connectivity index (χ4n) is 3.93. The standard InChI is InChI=1S/C20H30N2O2S/c1-3-4-7-16-10-12-21(13-11-16)19(23)15(2)14-22-17-8-5-6-9-18(17)25-20(22)24/h5-6,8-9,15-16,19,23H,3-4,7,10-14H2,1-2H3/t15?,19-/m0/s1. The van der Waals surface area contributed by atoms with E-state index in [-0.39, 0.29) is 10.8 Å². The number of aliphatic hydroxyl groups excluding tert-OH is 1. The predicted octanol–water partition coefficient (Wildman–Crippen LogP) is 3.92. The van der Waals surface area contributed by atoms with E-state index in [0.29, 0.717) is 6.54 Å². The molecule has 1 fully saturated rings. The third-order valence-corrected chi connectivity index (χ3v) is 6.50. The highest BCUT2D eigenvalue weighted by atomic mass is 32.1. The summed E-state index contributed by atoms with van der Waals surface area (Å²) in [4.78, 5) is 14.6. The van der Waals surface area contributed by atoms with Crippen molar-refractivity contribution in [3.63, 3.8) is 0 Å². The summed E-state index contributed by atoms with van der Waals surface area (Å²) in [5.41, 5.74) is 0.981. The van der Waals surface area contributed by atoms with E-state index in [4.69, 9.17) is 0 Å². The first kappa shape index (κ1) is 18.6. The highest BCUT2D eigenvalue weighted by Crippen LogP contribution is 2.26. The molecule has 0 amide bonds. The number of aliphatic hydroxyl groups is 1. The number of hydrogen-bond acceptors (Lipinski definition) is 4. The highest BCUT2D eigenvalue weighted by molar-refractivity contribution is 7.16. The van der Waals surface area contributed by atoms with Crippen LogP contribution in [0.3, 0.4) is 0 Å². The normalized spacial score (nSPS) is 19.3. The average molecular weight is 363 g/mol. The van der Waals surface area contributed by atoms with Gasteiger partial charge in [0.2, 0.25) is 0 Å². The van der Waals surface area contributed by atoms with Gasteiger partial charge in [0.15, 0.2) is 0 Å². The second-order valence-electron chi connectivity index (χ2n) is 7.46. The first-order valence-electron chi connectivity index (χ1n) is 9.60. The molecule has 1 unspecified atom stereocenters. The Morgan fingerprint density at radius 2 is 2.00 bits per heavy atom. The lowest BCUT2D eigenvalue weighted by molar-refractivity contribution is -0.0553. The van der Waals surface area contributed by atoms with Crippen LogP contribution < -0.4 is 4.87 Å². The van der Waals surface area contributed by atoms with E-state index in [0.717, 1.165) is 29.2 Å². The molecule has 2 atom stereocenters. The van der Waals surface area contributed by atoms with Crippen LogP contribution in [-0.4, -0.2) is 33.9 Å². The zero-order valence-electron chi connectivity index (χ0n) is 15.4. The fourth-order valence-corrected chi connectivity index (χ4v) is 4.83.